The van der Waals surface area contributed by atoms with Crippen molar-refractivity contribution >= 4 is 5.91 Å². The number of benzene rings is 1. The second kappa shape index (κ2) is 7.07. The van der Waals surface area contributed by atoms with E-state index < -0.39 is 12.3 Å². The summed E-state index contributed by atoms with van der Waals surface area (Å²) in [6.07, 6.45) is 3.34. The standard InChI is InChI=1S/C19H20F2N2O/c20-18(21)17-8-7-15(11-23-17)16(9-12-1-2-12)10-13-3-5-14(6-4-13)19(22)24/h3-8,11-12,16,18H,1-2,9-10H2,(H2,22,24). The van der Waals surface area contributed by atoms with Gasteiger partial charge in [-0.1, -0.05) is 31.0 Å². The maximum absolute atomic E-state index is 12.7. The molecule has 1 aliphatic rings. The molecule has 3 nitrogen and oxygen atoms in total. The highest BCUT2D eigenvalue weighted by Gasteiger charge is 2.27. The number of aromatic nitrogens is 1. The summed E-state index contributed by atoms with van der Waals surface area (Å²) in [4.78, 5) is 15.0. The Morgan fingerprint density at radius 2 is 1.88 bits per heavy atom. The van der Waals surface area contributed by atoms with Gasteiger partial charge < -0.3 is 5.73 Å². The molecule has 1 aliphatic carbocycles. The Labute approximate surface area is 139 Å². The third kappa shape index (κ3) is 4.16. The van der Waals surface area contributed by atoms with Crippen LogP contribution in [-0.2, 0) is 6.42 Å². The molecule has 0 spiro atoms. The topological polar surface area (TPSA) is 56.0 Å². The largest absolute Gasteiger partial charge is 0.366 e. The smallest absolute Gasteiger partial charge is 0.280 e. The van der Waals surface area contributed by atoms with Crippen LogP contribution in [0.4, 0.5) is 8.78 Å². The van der Waals surface area contributed by atoms with Crippen LogP contribution in [0.2, 0.25) is 0 Å². The second-order valence-electron chi connectivity index (χ2n) is 6.46. The molecule has 1 unspecified atom stereocenters. The molecule has 126 valence electrons. The summed E-state index contributed by atoms with van der Waals surface area (Å²) in [6, 6.07) is 10.4. The summed E-state index contributed by atoms with van der Waals surface area (Å²) in [5.74, 6) is 0.522. The maximum atomic E-state index is 12.7. The van der Waals surface area contributed by atoms with Gasteiger partial charge in [-0.2, -0.15) is 0 Å². The average molecular weight is 330 g/mol. The number of nitrogens with zero attached hydrogens (tertiary/aromatic N) is 1. The van der Waals surface area contributed by atoms with E-state index in [1.54, 1.807) is 24.4 Å². The van der Waals surface area contributed by atoms with E-state index in [1.807, 2.05) is 12.1 Å². The van der Waals surface area contributed by atoms with Crippen molar-refractivity contribution in [3.05, 3.63) is 65.0 Å². The highest BCUT2D eigenvalue weighted by atomic mass is 19.3. The number of halogens is 2. The number of alkyl halides is 2. The van der Waals surface area contributed by atoms with Crippen molar-refractivity contribution in [1.29, 1.82) is 0 Å². The van der Waals surface area contributed by atoms with Crippen molar-refractivity contribution in [1.82, 2.24) is 4.98 Å². The van der Waals surface area contributed by atoms with E-state index in [0.717, 1.165) is 29.9 Å². The molecule has 2 aromatic rings. The van der Waals surface area contributed by atoms with Gasteiger partial charge in [-0.25, -0.2) is 8.78 Å². The Morgan fingerprint density at radius 3 is 2.38 bits per heavy atom. The number of hydrogen-bond acceptors (Lipinski definition) is 2. The van der Waals surface area contributed by atoms with Crippen molar-refractivity contribution in [3.8, 4) is 0 Å². The van der Waals surface area contributed by atoms with Crippen LogP contribution < -0.4 is 5.73 Å². The quantitative estimate of drug-likeness (QED) is 0.825. The molecule has 1 atom stereocenters. The molecule has 5 heteroatoms. The monoisotopic (exact) mass is 330 g/mol. The lowest BCUT2D eigenvalue weighted by atomic mass is 9.88. The minimum absolute atomic E-state index is 0.185. The van der Waals surface area contributed by atoms with Gasteiger partial charge in [-0.15, -0.1) is 0 Å². The SMILES string of the molecule is NC(=O)c1ccc(CC(CC2CC2)c2ccc(C(F)F)nc2)cc1. The van der Waals surface area contributed by atoms with Gasteiger partial charge in [0.2, 0.25) is 5.91 Å². The first-order chi connectivity index (χ1) is 11.5. The molecule has 1 fully saturated rings. The molecule has 1 amide bonds. The number of pyridine rings is 1. The number of nitrogens with two attached hydrogens (primary N) is 1. The zero-order valence-corrected chi connectivity index (χ0v) is 13.3. The number of carbonyl (C=O) groups excluding carboxylic acids is 1. The van der Waals surface area contributed by atoms with Gasteiger partial charge in [0.1, 0.15) is 5.69 Å². The van der Waals surface area contributed by atoms with Gasteiger partial charge in [-0.3, -0.25) is 9.78 Å². The Hall–Kier alpha value is -2.30. The fraction of sp³-hybridized carbons (Fsp3) is 0.368. The Morgan fingerprint density at radius 1 is 1.17 bits per heavy atom. The summed E-state index contributed by atoms with van der Waals surface area (Å²) in [6.45, 7) is 0. The fourth-order valence-corrected chi connectivity index (χ4v) is 2.97. The molecule has 3 rings (SSSR count). The molecule has 1 aromatic carbocycles. The lowest BCUT2D eigenvalue weighted by Crippen LogP contribution is -2.11. The van der Waals surface area contributed by atoms with Crippen molar-refractivity contribution < 1.29 is 13.6 Å². The Bertz CT molecular complexity index is 694. The van der Waals surface area contributed by atoms with Crippen molar-refractivity contribution in [3.63, 3.8) is 0 Å². The van der Waals surface area contributed by atoms with Gasteiger partial charge in [0, 0.05) is 11.8 Å². The normalized spacial score (nSPS) is 15.5. The van der Waals surface area contributed by atoms with E-state index in [2.05, 4.69) is 4.98 Å². The van der Waals surface area contributed by atoms with Crippen molar-refractivity contribution in [2.45, 2.75) is 38.0 Å². The summed E-state index contributed by atoms with van der Waals surface area (Å²) in [5, 5.41) is 0. The summed E-state index contributed by atoms with van der Waals surface area (Å²) < 4.78 is 25.3. The van der Waals surface area contributed by atoms with Crippen LogP contribution >= 0.6 is 0 Å². The van der Waals surface area contributed by atoms with E-state index in [0.29, 0.717) is 5.56 Å². The van der Waals surface area contributed by atoms with Crippen LogP contribution in [0.1, 0.15) is 58.8 Å². The van der Waals surface area contributed by atoms with Crippen LogP contribution in [0.25, 0.3) is 0 Å². The van der Waals surface area contributed by atoms with E-state index in [9.17, 15) is 13.6 Å². The molecule has 1 saturated carbocycles. The van der Waals surface area contributed by atoms with Gasteiger partial charge in [0.15, 0.2) is 0 Å². The minimum Gasteiger partial charge on any atom is -0.366 e. The van der Waals surface area contributed by atoms with Gasteiger partial charge in [0.05, 0.1) is 0 Å². The van der Waals surface area contributed by atoms with Crippen molar-refractivity contribution in [2.75, 3.05) is 0 Å². The van der Waals surface area contributed by atoms with Gasteiger partial charge in [0.25, 0.3) is 6.43 Å². The fourth-order valence-electron chi connectivity index (χ4n) is 2.97. The predicted octanol–water partition coefficient (Wildman–Crippen LogP) is 4.24. The Kier molecular flexibility index (Phi) is 4.88. The Balaban J connectivity index is 1.76. The highest BCUT2D eigenvalue weighted by Crippen LogP contribution is 2.40. The first-order valence-electron chi connectivity index (χ1n) is 8.15. The molecule has 1 heterocycles. The van der Waals surface area contributed by atoms with Crippen LogP contribution in [0.3, 0.4) is 0 Å². The number of amides is 1. The van der Waals surface area contributed by atoms with Gasteiger partial charge in [-0.05, 0) is 54.0 Å². The minimum atomic E-state index is -2.54. The number of rotatable bonds is 7. The lowest BCUT2D eigenvalue weighted by Gasteiger charge is -2.17. The highest BCUT2D eigenvalue weighted by molar-refractivity contribution is 5.92. The van der Waals surface area contributed by atoms with E-state index in [4.69, 9.17) is 5.73 Å². The average Bonchev–Trinajstić information content (AvgIpc) is 3.39. The second-order valence-corrected chi connectivity index (χ2v) is 6.46. The molecular weight excluding hydrogens is 310 g/mol. The van der Waals surface area contributed by atoms with Gasteiger partial charge >= 0.3 is 0 Å². The molecular formula is C19H20F2N2O. The van der Waals surface area contributed by atoms with Crippen LogP contribution in [0.5, 0.6) is 0 Å². The van der Waals surface area contributed by atoms with Crippen LogP contribution in [0, 0.1) is 5.92 Å². The molecule has 2 N–H and O–H groups in total. The van der Waals surface area contributed by atoms with Crippen molar-refractivity contribution in [2.24, 2.45) is 11.7 Å². The zero-order chi connectivity index (χ0) is 17.1. The van der Waals surface area contributed by atoms with Crippen LogP contribution in [0.15, 0.2) is 42.6 Å². The van der Waals surface area contributed by atoms with Crippen LogP contribution in [-0.4, -0.2) is 10.9 Å². The first kappa shape index (κ1) is 16.6. The van der Waals surface area contributed by atoms with E-state index in [-0.39, 0.29) is 11.6 Å². The lowest BCUT2D eigenvalue weighted by molar-refractivity contribution is 0.1000. The molecule has 24 heavy (non-hydrogen) atoms. The molecule has 1 aromatic heterocycles. The summed E-state index contributed by atoms with van der Waals surface area (Å²) in [7, 11) is 0. The maximum Gasteiger partial charge on any atom is 0.280 e. The number of primary amides is 1. The molecule has 0 radical (unpaired) electrons. The summed E-state index contributed by atoms with van der Waals surface area (Å²) in [5.41, 5.74) is 7.65. The molecule has 0 bridgehead atoms. The summed E-state index contributed by atoms with van der Waals surface area (Å²) >= 11 is 0. The van der Waals surface area contributed by atoms with E-state index in [1.165, 1.54) is 18.9 Å². The molecule has 0 saturated heterocycles. The third-order valence-corrected chi connectivity index (χ3v) is 4.54. The zero-order valence-electron chi connectivity index (χ0n) is 13.3. The molecule has 0 aliphatic heterocycles. The number of hydrogen-bond donors (Lipinski definition) is 1. The van der Waals surface area contributed by atoms with E-state index >= 15 is 0 Å². The number of carbonyl (C=O) groups is 1. The predicted molar refractivity (Wildman–Crippen MR) is 87.9 cm³/mol. The first-order valence-corrected chi connectivity index (χ1v) is 8.15. The third-order valence-electron chi connectivity index (χ3n) is 4.54.